The molecular formula is C5H9NO3. The number of nitrogens with one attached hydrogen (secondary N) is 1. The van der Waals surface area contributed by atoms with Gasteiger partial charge in [0, 0.05) is 7.11 Å². The summed E-state index contributed by atoms with van der Waals surface area (Å²) in [4.78, 5) is 10.0. The Labute approximate surface area is 53.1 Å². The van der Waals surface area contributed by atoms with E-state index in [1.54, 1.807) is 7.11 Å². The molecule has 1 heterocycles. The first-order valence-electron chi connectivity index (χ1n) is 2.72. The van der Waals surface area contributed by atoms with Crippen molar-refractivity contribution in [2.24, 2.45) is 0 Å². The van der Waals surface area contributed by atoms with Crippen LogP contribution < -0.4 is 5.32 Å². The monoisotopic (exact) mass is 131 g/mol. The van der Waals surface area contributed by atoms with Crippen LogP contribution in [0.5, 0.6) is 0 Å². The minimum atomic E-state index is -0.477. The van der Waals surface area contributed by atoms with E-state index in [0.29, 0.717) is 12.9 Å². The van der Waals surface area contributed by atoms with Gasteiger partial charge in [0.25, 0.3) is 0 Å². The number of methoxy groups -OCH3 is 1. The van der Waals surface area contributed by atoms with Crippen LogP contribution in [0.15, 0.2) is 0 Å². The molecule has 0 aromatic carbocycles. The lowest BCUT2D eigenvalue weighted by molar-refractivity contribution is -0.116. The van der Waals surface area contributed by atoms with Crippen LogP contribution in [0.2, 0.25) is 0 Å². The first-order valence-corrected chi connectivity index (χ1v) is 2.72. The fourth-order valence-electron chi connectivity index (χ4n) is 0.685. The van der Waals surface area contributed by atoms with Gasteiger partial charge in [-0.05, 0) is 0 Å². The predicted octanol–water partition coefficient (Wildman–Crippen LogP) is -0.896. The zero-order chi connectivity index (χ0) is 6.69. The lowest BCUT2D eigenvalue weighted by Crippen LogP contribution is -2.32. The molecule has 0 bridgehead atoms. The zero-order valence-corrected chi connectivity index (χ0v) is 5.16. The molecule has 1 rings (SSSR count). The average molecular weight is 131 g/mol. The van der Waals surface area contributed by atoms with Crippen molar-refractivity contribution in [2.45, 2.75) is 12.5 Å². The van der Waals surface area contributed by atoms with Crippen LogP contribution in [0.25, 0.3) is 0 Å². The molecule has 1 saturated heterocycles. The van der Waals surface area contributed by atoms with Crippen LogP contribution in [0.1, 0.15) is 0 Å². The third-order valence-electron chi connectivity index (χ3n) is 1.19. The number of carbonyl (C=O) groups excluding carboxylic acids is 1. The molecular weight excluding hydrogens is 122 g/mol. The third-order valence-corrected chi connectivity index (χ3v) is 1.19. The molecule has 0 aromatic rings. The van der Waals surface area contributed by atoms with Gasteiger partial charge in [0.15, 0.2) is 12.5 Å². The summed E-state index contributed by atoms with van der Waals surface area (Å²) >= 11 is 0. The molecule has 0 amide bonds. The van der Waals surface area contributed by atoms with E-state index in [1.165, 1.54) is 0 Å². The number of rotatable bonds is 2. The normalized spacial score (nSPS) is 34.8. The fourth-order valence-corrected chi connectivity index (χ4v) is 0.685. The van der Waals surface area contributed by atoms with Crippen LogP contribution >= 0.6 is 0 Å². The van der Waals surface area contributed by atoms with E-state index in [-0.39, 0.29) is 6.23 Å². The Hall–Kier alpha value is -0.450. The Morgan fingerprint density at radius 3 is 3.00 bits per heavy atom. The largest absolute Gasteiger partial charge is 0.364 e. The number of aldehydes is 1. The summed E-state index contributed by atoms with van der Waals surface area (Å²) in [5.74, 6) is 0. The Bertz CT molecular complexity index is 106. The molecule has 1 N–H and O–H groups in total. The summed E-state index contributed by atoms with van der Waals surface area (Å²) in [6.07, 6.45) is 0.106. The first-order chi connectivity index (χ1) is 4.36. The Kier molecular flexibility index (Phi) is 2.16. The molecule has 0 aliphatic carbocycles. The Morgan fingerprint density at radius 2 is 2.67 bits per heavy atom. The smallest absolute Gasteiger partial charge is 0.166 e. The molecule has 9 heavy (non-hydrogen) atoms. The standard InChI is InChI=1S/C5H9NO3/c1-8-5-3-9-4(2-7)6-5/h2,4-6H,3H2,1H3/t4?,5-/m0/s1. The number of hydrogen-bond acceptors (Lipinski definition) is 4. The van der Waals surface area contributed by atoms with Gasteiger partial charge in [-0.3, -0.25) is 10.1 Å². The summed E-state index contributed by atoms with van der Waals surface area (Å²) < 4.78 is 9.75. The van der Waals surface area contributed by atoms with Gasteiger partial charge in [0.1, 0.15) is 6.23 Å². The second-order valence-electron chi connectivity index (χ2n) is 1.78. The van der Waals surface area contributed by atoms with Crippen LogP contribution in [0, 0.1) is 0 Å². The van der Waals surface area contributed by atoms with Gasteiger partial charge in [-0.2, -0.15) is 0 Å². The lowest BCUT2D eigenvalue weighted by Gasteiger charge is -2.03. The molecule has 0 aromatic heterocycles. The maximum atomic E-state index is 10.0. The van der Waals surface area contributed by atoms with Crippen molar-refractivity contribution in [1.82, 2.24) is 5.32 Å². The summed E-state index contributed by atoms with van der Waals surface area (Å²) in [5, 5.41) is 2.78. The molecule has 1 unspecified atom stereocenters. The van der Waals surface area contributed by atoms with Crippen LogP contribution in [0.3, 0.4) is 0 Å². The minimum Gasteiger partial charge on any atom is -0.364 e. The number of ether oxygens (including phenoxy) is 2. The number of hydrogen-bond donors (Lipinski definition) is 1. The number of carbonyl (C=O) groups is 1. The summed E-state index contributed by atoms with van der Waals surface area (Å²) in [5.41, 5.74) is 0. The van der Waals surface area contributed by atoms with Crippen molar-refractivity contribution in [3.63, 3.8) is 0 Å². The van der Waals surface area contributed by atoms with Crippen molar-refractivity contribution >= 4 is 6.29 Å². The molecule has 52 valence electrons. The van der Waals surface area contributed by atoms with Gasteiger partial charge in [-0.15, -0.1) is 0 Å². The van der Waals surface area contributed by atoms with E-state index in [0.717, 1.165) is 0 Å². The van der Waals surface area contributed by atoms with E-state index in [9.17, 15) is 4.79 Å². The van der Waals surface area contributed by atoms with Crippen molar-refractivity contribution in [2.75, 3.05) is 13.7 Å². The van der Waals surface area contributed by atoms with Gasteiger partial charge >= 0.3 is 0 Å². The van der Waals surface area contributed by atoms with Crippen molar-refractivity contribution in [1.29, 1.82) is 0 Å². The fraction of sp³-hybridized carbons (Fsp3) is 0.800. The highest BCUT2D eigenvalue weighted by atomic mass is 16.6. The van der Waals surface area contributed by atoms with Crippen molar-refractivity contribution in [3.05, 3.63) is 0 Å². The molecule has 0 spiro atoms. The van der Waals surface area contributed by atoms with Gasteiger partial charge in [0.2, 0.25) is 0 Å². The molecule has 1 aliphatic rings. The molecule has 1 aliphatic heterocycles. The van der Waals surface area contributed by atoms with E-state index in [1.807, 2.05) is 0 Å². The summed E-state index contributed by atoms with van der Waals surface area (Å²) in [6.45, 7) is 0.444. The average Bonchev–Trinajstić information content (AvgIpc) is 2.34. The Morgan fingerprint density at radius 1 is 1.89 bits per heavy atom. The molecule has 4 nitrogen and oxygen atoms in total. The second kappa shape index (κ2) is 2.91. The highest BCUT2D eigenvalue weighted by molar-refractivity contribution is 5.55. The quantitative estimate of drug-likeness (QED) is 0.493. The maximum absolute atomic E-state index is 10.0. The van der Waals surface area contributed by atoms with Crippen molar-refractivity contribution in [3.8, 4) is 0 Å². The predicted molar refractivity (Wildman–Crippen MR) is 29.7 cm³/mol. The van der Waals surface area contributed by atoms with Gasteiger partial charge in [-0.25, -0.2) is 0 Å². The lowest BCUT2D eigenvalue weighted by atomic mass is 10.6. The van der Waals surface area contributed by atoms with Crippen LogP contribution in [-0.4, -0.2) is 32.5 Å². The van der Waals surface area contributed by atoms with E-state index in [4.69, 9.17) is 9.47 Å². The minimum absolute atomic E-state index is 0.125. The third kappa shape index (κ3) is 1.48. The van der Waals surface area contributed by atoms with Gasteiger partial charge < -0.3 is 9.47 Å². The second-order valence-corrected chi connectivity index (χ2v) is 1.78. The van der Waals surface area contributed by atoms with E-state index in [2.05, 4.69) is 5.32 Å². The van der Waals surface area contributed by atoms with E-state index >= 15 is 0 Å². The highest BCUT2D eigenvalue weighted by Crippen LogP contribution is 1.99. The zero-order valence-electron chi connectivity index (χ0n) is 5.16. The van der Waals surface area contributed by atoms with E-state index < -0.39 is 6.23 Å². The van der Waals surface area contributed by atoms with Gasteiger partial charge in [-0.1, -0.05) is 0 Å². The van der Waals surface area contributed by atoms with Gasteiger partial charge in [0.05, 0.1) is 6.61 Å². The summed E-state index contributed by atoms with van der Waals surface area (Å²) in [7, 11) is 1.56. The topological polar surface area (TPSA) is 47.6 Å². The molecule has 0 saturated carbocycles. The molecule has 4 heteroatoms. The molecule has 0 radical (unpaired) electrons. The Balaban J connectivity index is 2.28. The maximum Gasteiger partial charge on any atom is 0.166 e. The summed E-state index contributed by atoms with van der Waals surface area (Å²) in [6, 6.07) is 0. The highest BCUT2D eigenvalue weighted by Gasteiger charge is 2.22. The first kappa shape index (κ1) is 6.67. The van der Waals surface area contributed by atoms with Crippen molar-refractivity contribution < 1.29 is 14.3 Å². The SMILES string of the molecule is CO[C@H]1COC(C=O)N1. The van der Waals surface area contributed by atoms with Crippen LogP contribution in [0.4, 0.5) is 0 Å². The van der Waals surface area contributed by atoms with Crippen LogP contribution in [-0.2, 0) is 14.3 Å². The molecule has 2 atom stereocenters. The molecule has 1 fully saturated rings.